The minimum absolute atomic E-state index is 0.122. The Hall–Kier alpha value is -4.25. The molecule has 180 valence electrons. The summed E-state index contributed by atoms with van der Waals surface area (Å²) < 4.78 is 11.1. The first kappa shape index (κ1) is 24.9. The Bertz CT molecular complexity index is 1390. The maximum absolute atomic E-state index is 13.1. The maximum Gasteiger partial charge on any atom is 0.335 e. The lowest BCUT2D eigenvalue weighted by Gasteiger charge is -2.26. The van der Waals surface area contributed by atoms with Crippen LogP contribution in [0.3, 0.4) is 0 Å². The summed E-state index contributed by atoms with van der Waals surface area (Å²) in [7, 11) is 0. The van der Waals surface area contributed by atoms with Gasteiger partial charge in [0, 0.05) is 15.6 Å². The molecule has 0 atom stereocenters. The van der Waals surface area contributed by atoms with Crippen molar-refractivity contribution in [2.45, 2.75) is 6.61 Å². The number of halogens is 2. The van der Waals surface area contributed by atoms with E-state index in [0.29, 0.717) is 27.1 Å². The van der Waals surface area contributed by atoms with Crippen molar-refractivity contribution in [3.8, 4) is 23.8 Å². The minimum atomic E-state index is -0.846. The lowest BCUT2D eigenvalue weighted by Crippen LogP contribution is -2.54. The summed E-state index contributed by atoms with van der Waals surface area (Å²) in [5.74, 6) is 1.87. The van der Waals surface area contributed by atoms with Gasteiger partial charge in [-0.25, -0.2) is 9.69 Å². The molecule has 0 unspecified atom stereocenters. The normalized spacial score (nSPS) is 14.4. The highest BCUT2D eigenvalue weighted by atomic mass is 35.5. The summed E-state index contributed by atoms with van der Waals surface area (Å²) >= 11 is 12.1. The summed E-state index contributed by atoms with van der Waals surface area (Å²) in [5, 5.41) is 3.20. The molecule has 0 spiro atoms. The highest BCUT2D eigenvalue weighted by Gasteiger charge is 2.36. The Labute approximate surface area is 217 Å². The highest BCUT2D eigenvalue weighted by Crippen LogP contribution is 2.26. The average molecular weight is 521 g/mol. The number of anilines is 1. The molecule has 0 bridgehead atoms. The molecule has 1 saturated heterocycles. The van der Waals surface area contributed by atoms with Gasteiger partial charge in [-0.1, -0.05) is 47.3 Å². The van der Waals surface area contributed by atoms with E-state index in [2.05, 4.69) is 11.2 Å². The maximum atomic E-state index is 13.1. The number of hydrogen-bond acceptors (Lipinski definition) is 5. The molecule has 9 heteroatoms. The Kier molecular flexibility index (Phi) is 7.59. The van der Waals surface area contributed by atoms with Crippen LogP contribution in [0.25, 0.3) is 6.08 Å². The van der Waals surface area contributed by atoms with Crippen LogP contribution in [0.5, 0.6) is 11.5 Å². The number of barbiturate groups is 1. The largest absolute Gasteiger partial charge is 0.489 e. The Morgan fingerprint density at radius 3 is 2.25 bits per heavy atom. The fraction of sp³-hybridized carbons (Fsp3) is 0.0741. The van der Waals surface area contributed by atoms with E-state index in [1.54, 1.807) is 66.7 Å². The Morgan fingerprint density at radius 1 is 0.917 bits per heavy atom. The first-order valence-electron chi connectivity index (χ1n) is 10.6. The van der Waals surface area contributed by atoms with Gasteiger partial charge in [0.15, 0.2) is 0 Å². The van der Waals surface area contributed by atoms with Gasteiger partial charge in [-0.3, -0.25) is 14.9 Å². The summed E-state index contributed by atoms with van der Waals surface area (Å²) in [4.78, 5) is 38.8. The number of ether oxygens (including phenoxy) is 2. The zero-order valence-electron chi connectivity index (χ0n) is 18.7. The number of terminal acetylenes is 1. The predicted molar refractivity (Wildman–Crippen MR) is 137 cm³/mol. The molecule has 1 aliphatic heterocycles. The molecule has 1 fully saturated rings. The van der Waals surface area contributed by atoms with Gasteiger partial charge in [0.25, 0.3) is 11.8 Å². The number of nitrogens with zero attached hydrogens (tertiary/aromatic N) is 1. The van der Waals surface area contributed by atoms with Crippen molar-refractivity contribution in [1.82, 2.24) is 5.32 Å². The third-order valence-corrected chi connectivity index (χ3v) is 5.71. The number of urea groups is 1. The first-order valence-corrected chi connectivity index (χ1v) is 11.4. The van der Waals surface area contributed by atoms with Crippen LogP contribution in [0.4, 0.5) is 10.5 Å². The molecule has 7 nitrogen and oxygen atoms in total. The molecule has 4 amide bonds. The quantitative estimate of drug-likeness (QED) is 0.261. The molecule has 1 N–H and O–H groups in total. The number of nitrogens with one attached hydrogen (secondary N) is 1. The van der Waals surface area contributed by atoms with Gasteiger partial charge in [-0.2, -0.15) is 0 Å². The average Bonchev–Trinajstić information content (AvgIpc) is 2.86. The molecule has 3 aromatic rings. The second-order valence-electron chi connectivity index (χ2n) is 7.54. The summed E-state index contributed by atoms with van der Waals surface area (Å²) in [5.41, 5.74) is 1.40. The SMILES string of the molecule is C#CCOc1ccc(/C=C2\C(=O)NC(=O)N(c3ccc(OCc4ccc(Cl)cc4Cl)cc3)C2=O)cc1. The van der Waals surface area contributed by atoms with E-state index in [1.807, 2.05) is 0 Å². The van der Waals surface area contributed by atoms with Crippen LogP contribution in [-0.2, 0) is 16.2 Å². The zero-order chi connectivity index (χ0) is 25.7. The second-order valence-corrected chi connectivity index (χ2v) is 8.38. The third kappa shape index (κ3) is 5.69. The van der Waals surface area contributed by atoms with Crippen LogP contribution in [0.2, 0.25) is 10.0 Å². The molecule has 0 aliphatic carbocycles. The fourth-order valence-corrected chi connectivity index (χ4v) is 3.80. The molecule has 0 aromatic heterocycles. The first-order chi connectivity index (χ1) is 17.4. The van der Waals surface area contributed by atoms with Gasteiger partial charge in [0.05, 0.1) is 5.69 Å². The van der Waals surface area contributed by atoms with Gasteiger partial charge >= 0.3 is 6.03 Å². The van der Waals surface area contributed by atoms with Crippen molar-refractivity contribution in [3.05, 3.63) is 93.5 Å². The molecular weight excluding hydrogens is 503 g/mol. The van der Waals surface area contributed by atoms with Crippen molar-refractivity contribution in [3.63, 3.8) is 0 Å². The minimum Gasteiger partial charge on any atom is -0.489 e. The molecule has 0 radical (unpaired) electrons. The van der Waals surface area contributed by atoms with E-state index in [1.165, 1.54) is 6.08 Å². The standard InChI is InChI=1S/C27H18Cl2N2O5/c1-2-13-35-21-9-3-17(4-10-21)14-23-25(32)30-27(34)31(26(23)33)20-7-11-22(12-8-20)36-16-18-5-6-19(28)15-24(18)29/h1,3-12,14-15H,13,16H2,(H,30,32,34)/b23-14+. The molecule has 1 aliphatic rings. The predicted octanol–water partition coefficient (Wildman–Crippen LogP) is 5.25. The van der Waals surface area contributed by atoms with Crippen molar-refractivity contribution in [2.75, 3.05) is 11.5 Å². The summed E-state index contributed by atoms with van der Waals surface area (Å²) in [6, 6.07) is 17.2. The van der Waals surface area contributed by atoms with Crippen LogP contribution in [-0.4, -0.2) is 24.5 Å². The number of carbonyl (C=O) groups is 3. The van der Waals surface area contributed by atoms with Crippen molar-refractivity contribution < 1.29 is 23.9 Å². The van der Waals surface area contributed by atoms with E-state index in [0.717, 1.165) is 10.5 Å². The molecule has 36 heavy (non-hydrogen) atoms. The monoisotopic (exact) mass is 520 g/mol. The van der Waals surface area contributed by atoms with Crippen molar-refractivity contribution in [2.24, 2.45) is 0 Å². The lowest BCUT2D eigenvalue weighted by atomic mass is 10.1. The Morgan fingerprint density at radius 2 is 1.58 bits per heavy atom. The van der Waals surface area contributed by atoms with Crippen LogP contribution in [0.15, 0.2) is 72.3 Å². The van der Waals surface area contributed by atoms with Crippen LogP contribution in [0, 0.1) is 12.3 Å². The third-order valence-electron chi connectivity index (χ3n) is 5.12. The van der Waals surface area contributed by atoms with Crippen LogP contribution < -0.4 is 19.7 Å². The molecule has 3 aromatic carbocycles. The fourth-order valence-electron chi connectivity index (χ4n) is 3.34. The van der Waals surface area contributed by atoms with Crippen molar-refractivity contribution >= 4 is 52.8 Å². The molecule has 4 rings (SSSR count). The molecule has 1 heterocycles. The highest BCUT2D eigenvalue weighted by molar-refractivity contribution is 6.39. The number of carbonyl (C=O) groups excluding carboxylic acids is 3. The van der Waals surface area contributed by atoms with Gasteiger partial charge in [-0.05, 0) is 60.2 Å². The molecule has 0 saturated carbocycles. The zero-order valence-corrected chi connectivity index (χ0v) is 20.2. The number of imide groups is 2. The summed E-state index contributed by atoms with van der Waals surface area (Å²) in [6.07, 6.45) is 6.57. The van der Waals surface area contributed by atoms with Crippen molar-refractivity contribution in [1.29, 1.82) is 0 Å². The van der Waals surface area contributed by atoms with Gasteiger partial charge < -0.3 is 9.47 Å². The Balaban J connectivity index is 1.49. The summed E-state index contributed by atoms with van der Waals surface area (Å²) in [6.45, 7) is 0.323. The smallest absolute Gasteiger partial charge is 0.335 e. The molecular formula is C27H18Cl2N2O5. The van der Waals surface area contributed by atoms with Gasteiger partial charge in [-0.15, -0.1) is 6.42 Å². The second kappa shape index (κ2) is 11.0. The van der Waals surface area contributed by atoms with E-state index < -0.39 is 17.8 Å². The topological polar surface area (TPSA) is 84.9 Å². The van der Waals surface area contributed by atoms with Crippen LogP contribution in [0.1, 0.15) is 11.1 Å². The van der Waals surface area contributed by atoms with E-state index in [-0.39, 0.29) is 24.5 Å². The van der Waals surface area contributed by atoms with Gasteiger partial charge in [0.1, 0.15) is 30.3 Å². The lowest BCUT2D eigenvalue weighted by molar-refractivity contribution is -0.122. The van der Waals surface area contributed by atoms with E-state index >= 15 is 0 Å². The van der Waals surface area contributed by atoms with Crippen LogP contribution >= 0.6 is 23.2 Å². The van der Waals surface area contributed by atoms with E-state index in [4.69, 9.17) is 39.1 Å². The number of hydrogen-bond donors (Lipinski definition) is 1. The number of amides is 4. The number of rotatable bonds is 7. The van der Waals surface area contributed by atoms with E-state index in [9.17, 15) is 14.4 Å². The number of benzene rings is 3. The van der Waals surface area contributed by atoms with Gasteiger partial charge in [0.2, 0.25) is 0 Å².